The molecule has 2 saturated heterocycles. The molecule has 2 bridgehead atoms. The Balaban J connectivity index is 2.15. The molecular formula is C35H50N4O8. The van der Waals surface area contributed by atoms with E-state index in [9.17, 15) is 19.5 Å². The summed E-state index contributed by atoms with van der Waals surface area (Å²) in [7, 11) is 0. The van der Waals surface area contributed by atoms with Crippen molar-refractivity contribution < 1.29 is 38.5 Å². The lowest BCUT2D eigenvalue weighted by atomic mass is 9.70. The Hall–Kier alpha value is -3.66. The lowest BCUT2D eigenvalue weighted by Gasteiger charge is -2.44. The van der Waals surface area contributed by atoms with Crippen molar-refractivity contribution >= 4 is 34.9 Å². The predicted octanol–water partition coefficient (Wildman–Crippen LogP) is 3.78. The Bertz CT molecular complexity index is 1430. The van der Waals surface area contributed by atoms with Gasteiger partial charge in [0.25, 0.3) is 0 Å². The van der Waals surface area contributed by atoms with Crippen LogP contribution in [0.2, 0.25) is 0 Å². The molecule has 2 aliphatic heterocycles. The third kappa shape index (κ3) is 9.24. The van der Waals surface area contributed by atoms with Gasteiger partial charge in [0, 0.05) is 24.5 Å². The van der Waals surface area contributed by atoms with Crippen LogP contribution in [-0.4, -0.2) is 82.4 Å². The lowest BCUT2D eigenvalue weighted by molar-refractivity contribution is -0.192. The fourth-order valence-electron chi connectivity index (χ4n) is 6.56. The van der Waals surface area contributed by atoms with Crippen LogP contribution in [0, 0.1) is 41.4 Å². The van der Waals surface area contributed by atoms with E-state index in [1.54, 1.807) is 32.0 Å². The number of nitrogens with zero attached hydrogens (tertiary/aromatic N) is 3. The molecule has 2 aliphatic rings. The molecule has 1 amide bonds. The number of nitrogen functional groups attached to an aromatic ring is 1. The van der Waals surface area contributed by atoms with Gasteiger partial charge in [0.15, 0.2) is 6.61 Å². The maximum Gasteiger partial charge on any atom is 0.316 e. The number of amides is 1. The monoisotopic (exact) mass is 654 g/mol. The number of rotatable bonds is 3. The van der Waals surface area contributed by atoms with Gasteiger partial charge in [0.2, 0.25) is 5.91 Å². The molecule has 12 nitrogen and oxygen atoms in total. The molecule has 0 unspecified atom stereocenters. The maximum atomic E-state index is 13.7. The number of aliphatic hydroxyl groups is 1. The number of ketones is 1. The fraction of sp³-hybridized carbons (Fsp3) is 0.657. The second-order valence-corrected chi connectivity index (χ2v) is 13.2. The minimum atomic E-state index is -1.77. The summed E-state index contributed by atoms with van der Waals surface area (Å²) in [5, 5.41) is 16.4. The Labute approximate surface area is 277 Å². The topological polar surface area (TPSA) is 172 Å². The summed E-state index contributed by atoms with van der Waals surface area (Å²) in [6, 6.07) is 5.15. The molecule has 12 heteroatoms. The van der Waals surface area contributed by atoms with Crippen LogP contribution in [0.5, 0.6) is 0 Å². The third-order valence-electron chi connectivity index (χ3n) is 9.54. The van der Waals surface area contributed by atoms with E-state index >= 15 is 0 Å². The number of hydrogen-bond donors (Lipinski definition) is 2. The molecule has 258 valence electrons. The number of carbonyl (C=O) groups excluding carboxylic acids is 3. The second kappa shape index (κ2) is 16.0. The van der Waals surface area contributed by atoms with Gasteiger partial charge in [0.1, 0.15) is 40.6 Å². The van der Waals surface area contributed by atoms with Crippen molar-refractivity contribution in [3.63, 3.8) is 0 Å². The first kappa shape index (κ1) is 37.8. The number of carbonyl (C=O) groups is 3. The highest BCUT2D eigenvalue weighted by Gasteiger charge is 2.50. The van der Waals surface area contributed by atoms with Crippen LogP contribution in [0.3, 0.4) is 0 Å². The van der Waals surface area contributed by atoms with Gasteiger partial charge in [-0.05, 0) is 63.5 Å². The molecule has 3 rings (SSSR count). The van der Waals surface area contributed by atoms with Gasteiger partial charge in [-0.3, -0.25) is 14.4 Å². The average Bonchev–Trinajstić information content (AvgIpc) is 3.03. The summed E-state index contributed by atoms with van der Waals surface area (Å²) in [6.45, 7) is 15.4. The summed E-state index contributed by atoms with van der Waals surface area (Å²) in [4.78, 5) is 53.6. The first-order valence-electron chi connectivity index (χ1n) is 16.2. The lowest BCUT2D eigenvalue weighted by Crippen LogP contribution is -2.57. The third-order valence-corrected chi connectivity index (χ3v) is 9.54. The van der Waals surface area contributed by atoms with Gasteiger partial charge in [-0.2, -0.15) is 0 Å². The second-order valence-electron chi connectivity index (χ2n) is 13.2. The zero-order valence-corrected chi connectivity index (χ0v) is 29.0. The Morgan fingerprint density at radius 3 is 2.49 bits per heavy atom. The van der Waals surface area contributed by atoms with Crippen LogP contribution in [0.25, 0.3) is 0 Å². The largest absolute Gasteiger partial charge is 0.459 e. The smallest absolute Gasteiger partial charge is 0.316 e. The van der Waals surface area contributed by atoms with Gasteiger partial charge < -0.3 is 29.9 Å². The SMILES string of the molecule is CC[C@H]1OC(=O)[C@H](C)C(=O)[C@H](C)[C@@H](C)[C@@]2(C)C[C@@H](C)/C(=N\C(C)=O)[C@H](C)[C@@H](OC/C(=N\OCC#Cc3cccc(N)n3)CO2)[C@]1(C)O. The van der Waals surface area contributed by atoms with E-state index in [1.807, 2.05) is 27.7 Å². The summed E-state index contributed by atoms with van der Waals surface area (Å²) in [5.41, 5.74) is 4.38. The summed E-state index contributed by atoms with van der Waals surface area (Å²) >= 11 is 0. The molecule has 1 aromatic rings. The average molecular weight is 655 g/mol. The molecule has 0 aliphatic carbocycles. The molecule has 1 aromatic heterocycles. The fourth-order valence-corrected chi connectivity index (χ4v) is 6.56. The van der Waals surface area contributed by atoms with Crippen molar-refractivity contribution in [2.24, 2.45) is 39.7 Å². The number of hydrogen-bond acceptors (Lipinski definition) is 11. The van der Waals surface area contributed by atoms with Crippen LogP contribution in [0.1, 0.15) is 80.8 Å². The minimum Gasteiger partial charge on any atom is -0.459 e. The number of aliphatic imine (C=N–C) groups is 1. The van der Waals surface area contributed by atoms with E-state index in [-0.39, 0.29) is 43.9 Å². The first-order valence-corrected chi connectivity index (χ1v) is 16.2. The van der Waals surface area contributed by atoms with Gasteiger partial charge in [-0.25, -0.2) is 9.98 Å². The highest BCUT2D eigenvalue weighted by Crippen LogP contribution is 2.39. The van der Waals surface area contributed by atoms with Gasteiger partial charge in [0.05, 0.1) is 24.9 Å². The van der Waals surface area contributed by atoms with E-state index in [1.165, 1.54) is 20.8 Å². The first-order chi connectivity index (χ1) is 22.0. The van der Waals surface area contributed by atoms with E-state index in [4.69, 9.17) is 24.8 Å². The van der Waals surface area contributed by atoms with E-state index in [2.05, 4.69) is 27.0 Å². The molecule has 0 saturated carbocycles. The number of ether oxygens (including phenoxy) is 3. The number of aromatic nitrogens is 1. The van der Waals surface area contributed by atoms with Crippen molar-refractivity contribution in [3.8, 4) is 11.8 Å². The van der Waals surface area contributed by atoms with Gasteiger partial charge in [-0.1, -0.05) is 51.8 Å². The van der Waals surface area contributed by atoms with Crippen LogP contribution in [-0.2, 0) is 33.4 Å². The molecule has 3 N–H and O–H groups in total. The minimum absolute atomic E-state index is 0.0245. The molecule has 2 fully saturated rings. The number of anilines is 1. The molecule has 0 spiro atoms. The number of fused-ring (bicyclic) bond motifs is 5. The van der Waals surface area contributed by atoms with E-state index < -0.39 is 53.0 Å². The number of pyridine rings is 1. The van der Waals surface area contributed by atoms with Crippen molar-refractivity contribution in [2.75, 3.05) is 25.6 Å². The maximum absolute atomic E-state index is 13.7. The normalized spacial score (nSPS) is 35.9. The zero-order valence-electron chi connectivity index (χ0n) is 29.0. The predicted molar refractivity (Wildman–Crippen MR) is 177 cm³/mol. The summed E-state index contributed by atoms with van der Waals surface area (Å²) in [6.07, 6.45) is -1.45. The number of esters is 1. The highest BCUT2D eigenvalue weighted by atomic mass is 16.6. The van der Waals surface area contributed by atoms with Gasteiger partial charge >= 0.3 is 5.97 Å². The summed E-state index contributed by atoms with van der Waals surface area (Å²) < 4.78 is 18.9. The molecule has 47 heavy (non-hydrogen) atoms. The highest BCUT2D eigenvalue weighted by molar-refractivity contribution is 6.00. The van der Waals surface area contributed by atoms with Crippen LogP contribution in [0.4, 0.5) is 5.82 Å². The van der Waals surface area contributed by atoms with E-state index in [0.29, 0.717) is 29.4 Å². The molecule has 9 atom stereocenters. The van der Waals surface area contributed by atoms with Crippen molar-refractivity contribution in [2.45, 2.75) is 98.6 Å². The molecular weight excluding hydrogens is 604 g/mol. The number of cyclic esters (lactones) is 1. The van der Waals surface area contributed by atoms with Crippen molar-refractivity contribution in [3.05, 3.63) is 23.9 Å². The van der Waals surface area contributed by atoms with Crippen molar-refractivity contribution in [1.29, 1.82) is 0 Å². The van der Waals surface area contributed by atoms with Gasteiger partial charge in [-0.15, -0.1) is 0 Å². The Morgan fingerprint density at radius 2 is 1.85 bits per heavy atom. The molecule has 0 radical (unpaired) electrons. The summed E-state index contributed by atoms with van der Waals surface area (Å²) in [5.74, 6) is 1.69. The van der Waals surface area contributed by atoms with Crippen LogP contribution < -0.4 is 5.73 Å². The standard InChI is InChI=1S/C35H50N4O8/c1-10-28-35(9,43)32-22(4)30(37-25(7)40)20(2)17-34(8,24(6)21(3)31(41)23(5)33(42)47-28)45-19-27(18-44-32)39-46-16-12-14-26-13-11-15-29(36)38-26/h11,13,15,20-24,28,32,43H,10,16-19H2,1-9H3,(H2,36,38)/b37-30+,39-27+/t20-,21-,22+,23-,24-,28-,32-,34-,35-/m1/s1. The Kier molecular flexibility index (Phi) is 12.8. The van der Waals surface area contributed by atoms with Crippen LogP contribution in [0.15, 0.2) is 28.3 Å². The number of nitrogens with two attached hydrogens (primary N) is 1. The van der Waals surface area contributed by atoms with Crippen LogP contribution >= 0.6 is 0 Å². The zero-order chi connectivity index (χ0) is 35.1. The van der Waals surface area contributed by atoms with Crippen molar-refractivity contribution in [1.82, 2.24) is 4.98 Å². The molecule has 0 aromatic carbocycles. The quantitative estimate of drug-likeness (QED) is 0.161. The number of Topliss-reactive ketones (excluding diaryl/α,β-unsaturated/α-hetero) is 1. The Morgan fingerprint density at radius 1 is 1.15 bits per heavy atom. The van der Waals surface area contributed by atoms with E-state index in [0.717, 1.165) is 0 Å². The number of oxime groups is 1. The molecule has 3 heterocycles.